The van der Waals surface area contributed by atoms with Gasteiger partial charge in [0.2, 0.25) is 0 Å². The van der Waals surface area contributed by atoms with Gasteiger partial charge in [0.05, 0.1) is 23.9 Å². The molecule has 1 aromatic heterocycles. The molecule has 2 N–H and O–H groups in total. The molecule has 0 aliphatic carbocycles. The van der Waals surface area contributed by atoms with Crippen LogP contribution in [0.3, 0.4) is 0 Å². The van der Waals surface area contributed by atoms with Crippen LogP contribution in [0.2, 0.25) is 0 Å². The highest BCUT2D eigenvalue weighted by Gasteiger charge is 2.16. The Kier molecular flexibility index (Phi) is 8.45. The smallest absolute Gasteiger partial charge is 0.254 e. The highest BCUT2D eigenvalue weighted by Crippen LogP contribution is 2.12. The third kappa shape index (κ3) is 6.36. The number of amides is 1. The summed E-state index contributed by atoms with van der Waals surface area (Å²) in [4.78, 5) is 11.9. The Morgan fingerprint density at radius 1 is 1.35 bits per heavy atom. The predicted octanol–water partition coefficient (Wildman–Crippen LogP) is 1.03. The monoisotopic (exact) mass is 304 g/mol. The van der Waals surface area contributed by atoms with Crippen LogP contribution in [0.4, 0.5) is 0 Å². The Labute approximate surface area is 126 Å². The van der Waals surface area contributed by atoms with Crippen LogP contribution in [-0.2, 0) is 10.3 Å². The molecule has 0 bridgehead atoms. The Morgan fingerprint density at radius 3 is 2.60 bits per heavy atom. The van der Waals surface area contributed by atoms with Gasteiger partial charge in [0, 0.05) is 32.9 Å². The topological polar surface area (TPSA) is 68.2 Å². The van der Waals surface area contributed by atoms with Gasteiger partial charge in [-0.15, -0.1) is 12.4 Å². The summed E-state index contributed by atoms with van der Waals surface area (Å²) in [7, 11) is 1.66. The van der Waals surface area contributed by atoms with E-state index in [2.05, 4.69) is 15.7 Å². The first-order valence-electron chi connectivity index (χ1n) is 6.48. The van der Waals surface area contributed by atoms with E-state index in [0.717, 1.165) is 13.1 Å². The molecule has 6 nitrogen and oxygen atoms in total. The third-order valence-corrected chi connectivity index (χ3v) is 2.60. The number of ether oxygens (including phenoxy) is 1. The fraction of sp³-hybridized carbons (Fsp3) is 0.692. The number of hydrogen-bond acceptors (Lipinski definition) is 4. The molecule has 0 saturated heterocycles. The molecule has 1 aromatic rings. The van der Waals surface area contributed by atoms with Gasteiger partial charge >= 0.3 is 0 Å². The van der Waals surface area contributed by atoms with Gasteiger partial charge < -0.3 is 15.4 Å². The molecule has 0 aliphatic heterocycles. The first-order valence-corrected chi connectivity index (χ1v) is 6.48. The lowest BCUT2D eigenvalue weighted by molar-refractivity contribution is 0.0953. The maximum Gasteiger partial charge on any atom is 0.254 e. The minimum atomic E-state index is -0.111. The molecular weight excluding hydrogens is 280 g/mol. The third-order valence-electron chi connectivity index (χ3n) is 2.60. The number of aromatic nitrogens is 2. The van der Waals surface area contributed by atoms with Gasteiger partial charge in [-0.2, -0.15) is 5.10 Å². The van der Waals surface area contributed by atoms with Crippen LogP contribution in [0.1, 0.15) is 31.1 Å². The first-order chi connectivity index (χ1) is 8.95. The van der Waals surface area contributed by atoms with E-state index in [0.29, 0.717) is 18.7 Å². The minimum Gasteiger partial charge on any atom is -0.383 e. The zero-order chi connectivity index (χ0) is 14.3. The average molecular weight is 305 g/mol. The molecular formula is C13H25ClN4O2. The number of nitrogens with one attached hydrogen (secondary N) is 2. The van der Waals surface area contributed by atoms with Crippen molar-refractivity contribution in [2.75, 3.05) is 33.4 Å². The summed E-state index contributed by atoms with van der Waals surface area (Å²) in [5, 5.41) is 10.2. The highest BCUT2D eigenvalue weighted by molar-refractivity contribution is 5.93. The molecule has 1 rings (SSSR count). The van der Waals surface area contributed by atoms with Gasteiger partial charge in [-0.3, -0.25) is 9.48 Å². The molecule has 0 spiro atoms. The number of hydrogen-bond donors (Lipinski definition) is 2. The Balaban J connectivity index is 0.00000361. The van der Waals surface area contributed by atoms with E-state index in [1.54, 1.807) is 24.2 Å². The highest BCUT2D eigenvalue weighted by atomic mass is 35.5. The molecule has 1 amide bonds. The Morgan fingerprint density at radius 2 is 2.05 bits per heavy atom. The second-order valence-electron chi connectivity index (χ2n) is 5.34. The fourth-order valence-corrected chi connectivity index (χ4v) is 1.47. The maximum atomic E-state index is 11.9. The minimum absolute atomic E-state index is 0. The summed E-state index contributed by atoms with van der Waals surface area (Å²) >= 11 is 0. The van der Waals surface area contributed by atoms with Gasteiger partial charge in [0.25, 0.3) is 5.91 Å². The SMILES string of the molecule is COCCNCCNC(=O)c1cnn(C(C)(C)C)c1.Cl. The van der Waals surface area contributed by atoms with Crippen molar-refractivity contribution in [3.63, 3.8) is 0 Å². The van der Waals surface area contributed by atoms with Gasteiger partial charge in [-0.05, 0) is 20.8 Å². The van der Waals surface area contributed by atoms with Gasteiger partial charge in [0.1, 0.15) is 0 Å². The average Bonchev–Trinajstić information content (AvgIpc) is 2.82. The summed E-state index contributed by atoms with van der Waals surface area (Å²) in [6, 6.07) is 0. The van der Waals surface area contributed by atoms with E-state index in [-0.39, 0.29) is 23.9 Å². The van der Waals surface area contributed by atoms with Crippen LogP contribution in [0.25, 0.3) is 0 Å². The first kappa shape index (κ1) is 18.9. The number of methoxy groups -OCH3 is 1. The van der Waals surface area contributed by atoms with Gasteiger partial charge in [0.15, 0.2) is 0 Å². The van der Waals surface area contributed by atoms with Crippen LogP contribution in [0.5, 0.6) is 0 Å². The summed E-state index contributed by atoms with van der Waals surface area (Å²) in [6.07, 6.45) is 3.37. The van der Waals surface area contributed by atoms with Gasteiger partial charge in [-0.1, -0.05) is 0 Å². The Hall–Kier alpha value is -1.11. The second kappa shape index (κ2) is 8.94. The van der Waals surface area contributed by atoms with Crippen molar-refractivity contribution in [2.45, 2.75) is 26.3 Å². The van der Waals surface area contributed by atoms with Crippen molar-refractivity contribution < 1.29 is 9.53 Å². The number of carbonyl (C=O) groups is 1. The van der Waals surface area contributed by atoms with E-state index in [1.165, 1.54) is 0 Å². The number of carbonyl (C=O) groups excluding carboxylic acids is 1. The fourth-order valence-electron chi connectivity index (χ4n) is 1.47. The molecule has 20 heavy (non-hydrogen) atoms. The quantitative estimate of drug-likeness (QED) is 0.738. The normalized spacial score (nSPS) is 11.0. The van der Waals surface area contributed by atoms with Crippen molar-refractivity contribution >= 4 is 18.3 Å². The van der Waals surface area contributed by atoms with E-state index in [4.69, 9.17) is 4.74 Å². The van der Waals surface area contributed by atoms with E-state index in [9.17, 15) is 4.79 Å². The van der Waals surface area contributed by atoms with Crippen LogP contribution in [0.15, 0.2) is 12.4 Å². The number of rotatable bonds is 7. The van der Waals surface area contributed by atoms with Crippen molar-refractivity contribution in [1.29, 1.82) is 0 Å². The molecule has 1 heterocycles. The molecule has 0 saturated carbocycles. The van der Waals surface area contributed by atoms with Crippen molar-refractivity contribution in [3.05, 3.63) is 18.0 Å². The van der Waals surface area contributed by atoms with Crippen molar-refractivity contribution in [2.24, 2.45) is 0 Å². The number of halogens is 1. The maximum absolute atomic E-state index is 11.9. The summed E-state index contributed by atoms with van der Waals surface area (Å²) in [6.45, 7) is 8.90. The van der Waals surface area contributed by atoms with Gasteiger partial charge in [-0.25, -0.2) is 0 Å². The molecule has 0 aromatic carbocycles. The lowest BCUT2D eigenvalue weighted by Gasteiger charge is -2.18. The second-order valence-corrected chi connectivity index (χ2v) is 5.34. The van der Waals surface area contributed by atoms with E-state index >= 15 is 0 Å². The van der Waals surface area contributed by atoms with Crippen molar-refractivity contribution in [3.8, 4) is 0 Å². The zero-order valence-electron chi connectivity index (χ0n) is 12.6. The van der Waals surface area contributed by atoms with Crippen LogP contribution < -0.4 is 10.6 Å². The molecule has 0 aliphatic rings. The van der Waals surface area contributed by atoms with Crippen LogP contribution in [0, 0.1) is 0 Å². The number of nitrogens with zero attached hydrogens (tertiary/aromatic N) is 2. The molecule has 116 valence electrons. The molecule has 0 fully saturated rings. The summed E-state index contributed by atoms with van der Waals surface area (Å²) in [5.74, 6) is -0.0935. The predicted molar refractivity (Wildman–Crippen MR) is 81.5 cm³/mol. The van der Waals surface area contributed by atoms with Crippen LogP contribution >= 0.6 is 12.4 Å². The standard InChI is InChI=1S/C13H24N4O2.ClH/c1-13(2,3)17-10-11(9-16-17)12(18)15-6-5-14-7-8-19-4;/h9-10,14H,5-8H2,1-4H3,(H,15,18);1H. The summed E-state index contributed by atoms with van der Waals surface area (Å²) < 4.78 is 6.70. The largest absolute Gasteiger partial charge is 0.383 e. The summed E-state index contributed by atoms with van der Waals surface area (Å²) in [5.41, 5.74) is 0.479. The molecule has 0 radical (unpaired) electrons. The zero-order valence-corrected chi connectivity index (χ0v) is 13.4. The van der Waals surface area contributed by atoms with Crippen molar-refractivity contribution in [1.82, 2.24) is 20.4 Å². The molecule has 0 atom stereocenters. The lowest BCUT2D eigenvalue weighted by Crippen LogP contribution is -2.33. The van der Waals surface area contributed by atoms with E-state index in [1.807, 2.05) is 20.8 Å². The molecule has 7 heteroatoms. The van der Waals surface area contributed by atoms with Crippen LogP contribution in [-0.4, -0.2) is 49.0 Å². The molecule has 0 unspecified atom stereocenters. The Bertz CT molecular complexity index is 401. The lowest BCUT2D eigenvalue weighted by atomic mass is 10.1. The van der Waals surface area contributed by atoms with E-state index < -0.39 is 0 Å².